The molecule has 0 fully saturated rings. The standard InChI is InChI=1S/C14H12INO2/c1-9-11(15)6-4-8-12(9)16-13-7-3-2-5-10(13)14(17)18/h2-8,16H,1H3,(H,17,18). The summed E-state index contributed by atoms with van der Waals surface area (Å²) in [4.78, 5) is 11.1. The van der Waals surface area contributed by atoms with E-state index in [-0.39, 0.29) is 5.56 Å². The van der Waals surface area contributed by atoms with Gasteiger partial charge >= 0.3 is 5.97 Å². The molecule has 0 unspecified atom stereocenters. The molecule has 0 atom stereocenters. The summed E-state index contributed by atoms with van der Waals surface area (Å²) in [6.45, 7) is 2.01. The summed E-state index contributed by atoms with van der Waals surface area (Å²) >= 11 is 2.26. The Hall–Kier alpha value is -1.56. The highest BCUT2D eigenvalue weighted by Crippen LogP contribution is 2.26. The number of carboxylic acids is 1. The Labute approximate surface area is 119 Å². The summed E-state index contributed by atoms with van der Waals surface area (Å²) in [6, 6.07) is 12.8. The maximum absolute atomic E-state index is 11.1. The molecule has 0 saturated carbocycles. The number of hydrogen-bond acceptors (Lipinski definition) is 2. The summed E-state index contributed by atoms with van der Waals surface area (Å²) in [5, 5.41) is 12.3. The molecule has 18 heavy (non-hydrogen) atoms. The lowest BCUT2D eigenvalue weighted by Gasteiger charge is -2.12. The topological polar surface area (TPSA) is 49.3 Å². The largest absolute Gasteiger partial charge is 0.478 e. The third kappa shape index (κ3) is 2.64. The van der Waals surface area contributed by atoms with Crippen LogP contribution >= 0.6 is 22.6 Å². The summed E-state index contributed by atoms with van der Waals surface area (Å²) in [5.74, 6) is -0.929. The molecule has 0 aliphatic rings. The Morgan fingerprint density at radius 3 is 2.50 bits per heavy atom. The molecule has 2 aromatic rings. The van der Waals surface area contributed by atoms with Crippen LogP contribution in [0.4, 0.5) is 11.4 Å². The summed E-state index contributed by atoms with van der Waals surface area (Å²) in [6.07, 6.45) is 0. The fourth-order valence-electron chi connectivity index (χ4n) is 1.67. The van der Waals surface area contributed by atoms with Gasteiger partial charge < -0.3 is 10.4 Å². The minimum Gasteiger partial charge on any atom is -0.478 e. The van der Waals surface area contributed by atoms with Gasteiger partial charge in [-0.15, -0.1) is 0 Å². The van der Waals surface area contributed by atoms with E-state index in [0.29, 0.717) is 5.69 Å². The lowest BCUT2D eigenvalue weighted by Crippen LogP contribution is -2.03. The van der Waals surface area contributed by atoms with Crippen molar-refractivity contribution in [3.63, 3.8) is 0 Å². The van der Waals surface area contributed by atoms with Crippen LogP contribution in [-0.4, -0.2) is 11.1 Å². The van der Waals surface area contributed by atoms with Crippen molar-refractivity contribution in [3.05, 3.63) is 57.2 Å². The quantitative estimate of drug-likeness (QED) is 0.819. The van der Waals surface area contributed by atoms with Gasteiger partial charge in [0.15, 0.2) is 0 Å². The Bertz CT molecular complexity index is 596. The van der Waals surface area contributed by atoms with E-state index in [1.54, 1.807) is 18.2 Å². The van der Waals surface area contributed by atoms with Crippen molar-refractivity contribution < 1.29 is 9.90 Å². The van der Waals surface area contributed by atoms with Crippen molar-refractivity contribution in [3.8, 4) is 0 Å². The second-order valence-electron chi connectivity index (χ2n) is 3.89. The predicted octanol–water partition coefficient (Wildman–Crippen LogP) is 4.04. The molecule has 0 aliphatic heterocycles. The zero-order chi connectivity index (χ0) is 13.1. The number of hydrogen-bond donors (Lipinski definition) is 2. The first-order chi connectivity index (χ1) is 8.59. The van der Waals surface area contributed by atoms with E-state index >= 15 is 0 Å². The van der Waals surface area contributed by atoms with Crippen molar-refractivity contribution in [1.29, 1.82) is 0 Å². The van der Waals surface area contributed by atoms with Crippen LogP contribution in [0.1, 0.15) is 15.9 Å². The van der Waals surface area contributed by atoms with E-state index in [2.05, 4.69) is 27.9 Å². The number of rotatable bonds is 3. The van der Waals surface area contributed by atoms with Gasteiger partial charge in [-0.2, -0.15) is 0 Å². The number of carbonyl (C=O) groups is 1. The SMILES string of the molecule is Cc1c(I)cccc1Nc1ccccc1C(=O)O. The number of nitrogens with one attached hydrogen (secondary N) is 1. The number of benzene rings is 2. The van der Waals surface area contributed by atoms with E-state index in [1.165, 1.54) is 0 Å². The Morgan fingerprint density at radius 2 is 1.78 bits per heavy atom. The zero-order valence-corrected chi connectivity index (χ0v) is 11.9. The monoisotopic (exact) mass is 353 g/mol. The minimum atomic E-state index is -0.929. The van der Waals surface area contributed by atoms with Gasteiger partial charge in [0.2, 0.25) is 0 Å². The fourth-order valence-corrected chi connectivity index (χ4v) is 2.16. The van der Waals surface area contributed by atoms with Gasteiger partial charge in [-0.3, -0.25) is 0 Å². The molecular weight excluding hydrogens is 341 g/mol. The molecule has 0 radical (unpaired) electrons. The van der Waals surface area contributed by atoms with E-state index in [1.807, 2.05) is 31.2 Å². The molecule has 2 rings (SSSR count). The first-order valence-electron chi connectivity index (χ1n) is 5.44. The number of halogens is 1. The molecule has 0 aromatic heterocycles. The highest BCUT2D eigenvalue weighted by molar-refractivity contribution is 14.1. The van der Waals surface area contributed by atoms with Gasteiger partial charge in [-0.05, 0) is 59.3 Å². The number of carboxylic acid groups (broad SMARTS) is 1. The second-order valence-corrected chi connectivity index (χ2v) is 5.05. The number of aromatic carboxylic acids is 1. The maximum Gasteiger partial charge on any atom is 0.337 e. The van der Waals surface area contributed by atoms with Crippen LogP contribution in [0.15, 0.2) is 42.5 Å². The van der Waals surface area contributed by atoms with Crippen LogP contribution in [0, 0.1) is 10.5 Å². The van der Waals surface area contributed by atoms with E-state index < -0.39 is 5.97 Å². The second kappa shape index (κ2) is 5.39. The highest BCUT2D eigenvalue weighted by atomic mass is 127. The molecule has 2 N–H and O–H groups in total. The molecular formula is C14H12INO2. The molecule has 0 aliphatic carbocycles. The third-order valence-corrected chi connectivity index (χ3v) is 3.86. The summed E-state index contributed by atoms with van der Waals surface area (Å²) in [5.41, 5.74) is 2.92. The van der Waals surface area contributed by atoms with Crippen LogP contribution in [0.2, 0.25) is 0 Å². The zero-order valence-electron chi connectivity index (χ0n) is 9.77. The summed E-state index contributed by atoms with van der Waals surface area (Å²) < 4.78 is 1.14. The number of anilines is 2. The Kier molecular flexibility index (Phi) is 3.86. The van der Waals surface area contributed by atoms with Crippen molar-refractivity contribution in [1.82, 2.24) is 0 Å². The van der Waals surface area contributed by atoms with Gasteiger partial charge in [-0.1, -0.05) is 18.2 Å². The normalized spacial score (nSPS) is 10.1. The average molecular weight is 353 g/mol. The van der Waals surface area contributed by atoms with Crippen LogP contribution in [-0.2, 0) is 0 Å². The highest BCUT2D eigenvalue weighted by Gasteiger charge is 2.10. The molecule has 0 heterocycles. The predicted molar refractivity (Wildman–Crippen MR) is 80.6 cm³/mol. The molecule has 0 bridgehead atoms. The lowest BCUT2D eigenvalue weighted by molar-refractivity contribution is 0.0698. The molecule has 4 heteroatoms. The van der Waals surface area contributed by atoms with E-state index in [0.717, 1.165) is 14.8 Å². The van der Waals surface area contributed by atoms with Crippen LogP contribution in [0.25, 0.3) is 0 Å². The first-order valence-corrected chi connectivity index (χ1v) is 6.52. The molecule has 0 saturated heterocycles. The van der Waals surface area contributed by atoms with Crippen molar-refractivity contribution in [2.24, 2.45) is 0 Å². The van der Waals surface area contributed by atoms with Crippen molar-refractivity contribution in [2.75, 3.05) is 5.32 Å². The van der Waals surface area contributed by atoms with Gasteiger partial charge in [-0.25, -0.2) is 4.79 Å². The maximum atomic E-state index is 11.1. The van der Waals surface area contributed by atoms with Crippen molar-refractivity contribution >= 4 is 39.9 Å². The molecule has 3 nitrogen and oxygen atoms in total. The van der Waals surface area contributed by atoms with Gasteiger partial charge in [0.05, 0.1) is 11.3 Å². The van der Waals surface area contributed by atoms with E-state index in [9.17, 15) is 4.79 Å². The molecule has 0 spiro atoms. The smallest absolute Gasteiger partial charge is 0.337 e. The summed E-state index contributed by atoms with van der Waals surface area (Å²) in [7, 11) is 0. The first kappa shape index (κ1) is 12.9. The van der Waals surface area contributed by atoms with Gasteiger partial charge in [0.25, 0.3) is 0 Å². The van der Waals surface area contributed by atoms with Gasteiger partial charge in [0.1, 0.15) is 0 Å². The Balaban J connectivity index is 2.40. The molecule has 92 valence electrons. The fraction of sp³-hybridized carbons (Fsp3) is 0.0714. The third-order valence-electron chi connectivity index (χ3n) is 2.69. The number of para-hydroxylation sites is 1. The minimum absolute atomic E-state index is 0.274. The van der Waals surface area contributed by atoms with E-state index in [4.69, 9.17) is 5.11 Å². The molecule has 0 amide bonds. The molecule has 2 aromatic carbocycles. The van der Waals surface area contributed by atoms with Crippen molar-refractivity contribution in [2.45, 2.75) is 6.92 Å². The van der Waals surface area contributed by atoms with Crippen LogP contribution in [0.5, 0.6) is 0 Å². The lowest BCUT2D eigenvalue weighted by atomic mass is 10.1. The van der Waals surface area contributed by atoms with Crippen LogP contribution < -0.4 is 5.32 Å². The van der Waals surface area contributed by atoms with Gasteiger partial charge in [0, 0.05) is 9.26 Å². The van der Waals surface area contributed by atoms with Crippen LogP contribution in [0.3, 0.4) is 0 Å². The Morgan fingerprint density at radius 1 is 1.11 bits per heavy atom. The average Bonchev–Trinajstić information content (AvgIpc) is 2.35.